The summed E-state index contributed by atoms with van der Waals surface area (Å²) >= 11 is 0. The van der Waals surface area contributed by atoms with E-state index in [1.165, 1.54) is 27.9 Å². The Morgan fingerprint density at radius 3 is 2.29 bits per heavy atom. The second kappa shape index (κ2) is 16.9. The van der Waals surface area contributed by atoms with Crippen LogP contribution in [0.1, 0.15) is 49.9 Å². The number of benzodiazepines with no additional fused rings is 1. The first-order valence-electron chi connectivity index (χ1n) is 12.4. The molecule has 35 heavy (non-hydrogen) atoms. The maximum Gasteiger partial charge on any atom is 0.106 e. The van der Waals surface area contributed by atoms with E-state index in [9.17, 15) is 0 Å². The van der Waals surface area contributed by atoms with Gasteiger partial charge in [-0.15, -0.1) is 0 Å². The molecule has 0 spiro atoms. The van der Waals surface area contributed by atoms with E-state index in [0.29, 0.717) is 0 Å². The van der Waals surface area contributed by atoms with Crippen LogP contribution in [-0.4, -0.2) is 32.6 Å². The number of carbonyl (C=O) groups is 1. The smallest absolute Gasteiger partial charge is 0.106 e. The summed E-state index contributed by atoms with van der Waals surface area (Å²) in [5.74, 6) is 0. The first kappa shape index (κ1) is 29.4. The van der Waals surface area contributed by atoms with Crippen LogP contribution in [0.3, 0.4) is 0 Å². The normalized spacial score (nSPS) is 11.8. The first-order valence-corrected chi connectivity index (χ1v) is 12.4. The molecule has 0 radical (unpaired) electrons. The largest absolute Gasteiger partial charge is 0.380 e. The molecule has 3 aromatic rings. The van der Waals surface area contributed by atoms with Gasteiger partial charge in [-0.25, -0.2) is 0 Å². The second-order valence-electron chi connectivity index (χ2n) is 7.47. The Labute approximate surface area is 212 Å². The molecular weight excluding hydrogens is 430 g/mol. The van der Waals surface area contributed by atoms with Gasteiger partial charge in [-0.05, 0) is 42.3 Å². The average Bonchev–Trinajstić information content (AvgIpc) is 3.09. The van der Waals surface area contributed by atoms with Gasteiger partial charge in [0.25, 0.3) is 0 Å². The van der Waals surface area contributed by atoms with Gasteiger partial charge in [-0.3, -0.25) is 4.99 Å². The molecule has 1 aliphatic rings. The number of nitrogens with zero attached hydrogens (tertiary/aromatic N) is 2. The number of aliphatic imine (C=N–C) groups is 1. The quantitative estimate of drug-likeness (QED) is 0.421. The van der Waals surface area contributed by atoms with Crippen LogP contribution >= 0.6 is 0 Å². The zero-order chi connectivity index (χ0) is 26.1. The maximum atomic E-state index is 8.00. The molecule has 4 heteroatoms. The van der Waals surface area contributed by atoms with Crippen LogP contribution < -0.4 is 10.2 Å². The van der Waals surface area contributed by atoms with E-state index in [1.54, 1.807) is 0 Å². The fourth-order valence-corrected chi connectivity index (χ4v) is 3.63. The van der Waals surface area contributed by atoms with Crippen molar-refractivity contribution in [2.75, 3.05) is 30.4 Å². The topological polar surface area (TPSA) is 44.7 Å². The number of allylic oxidation sites excluding steroid dienone is 1. The van der Waals surface area contributed by atoms with Gasteiger partial charge in [0.2, 0.25) is 0 Å². The molecule has 1 N–H and O–H groups in total. The standard InChI is InChI=1S/C26H27N3.2C2H6.CH2O/c1-20-12-14-24(28-19-21-8-4-3-5-9-21)22(18-20)13-15-25-23-10-6-7-11-26(23)29(2)17-16-27-25;3*1-2/h3-15,18,28H,16-17,19H2,1-2H3;2*1-2H3;1H2/b15-13+;;;. The lowest BCUT2D eigenvalue weighted by molar-refractivity contribution is -0.0979. The molecule has 0 fully saturated rings. The molecule has 4 rings (SSSR count). The van der Waals surface area contributed by atoms with Crippen LogP contribution in [0.15, 0.2) is 83.9 Å². The summed E-state index contributed by atoms with van der Waals surface area (Å²) in [5, 5.41) is 3.58. The monoisotopic (exact) mass is 471 g/mol. The molecular formula is C31H41N3O. The molecule has 0 atom stereocenters. The van der Waals surface area contributed by atoms with Gasteiger partial charge in [-0.2, -0.15) is 0 Å². The Bertz CT molecular complexity index is 1060. The minimum atomic E-state index is 0.803. The number of nitrogens with one attached hydrogen (secondary N) is 1. The Morgan fingerprint density at radius 2 is 1.57 bits per heavy atom. The lowest BCUT2D eigenvalue weighted by Crippen LogP contribution is -2.20. The Balaban J connectivity index is 0.000000949. The number of para-hydroxylation sites is 1. The van der Waals surface area contributed by atoms with Gasteiger partial charge < -0.3 is 15.0 Å². The number of carbonyl (C=O) groups excluding carboxylic acids is 1. The number of hydrogen-bond donors (Lipinski definition) is 1. The molecule has 0 bridgehead atoms. The van der Waals surface area contributed by atoms with E-state index in [4.69, 9.17) is 9.79 Å². The summed E-state index contributed by atoms with van der Waals surface area (Å²) in [6.45, 7) is 14.7. The zero-order valence-corrected chi connectivity index (χ0v) is 22.2. The van der Waals surface area contributed by atoms with Crippen molar-refractivity contribution in [3.63, 3.8) is 0 Å². The Hall–Kier alpha value is -3.66. The summed E-state index contributed by atoms with van der Waals surface area (Å²) in [4.78, 5) is 15.1. The molecule has 4 nitrogen and oxygen atoms in total. The van der Waals surface area contributed by atoms with Crippen molar-refractivity contribution in [2.24, 2.45) is 4.99 Å². The lowest BCUT2D eigenvalue weighted by Gasteiger charge is -2.18. The summed E-state index contributed by atoms with van der Waals surface area (Å²) in [6, 6.07) is 25.5. The highest BCUT2D eigenvalue weighted by Gasteiger charge is 2.13. The van der Waals surface area contributed by atoms with Crippen molar-refractivity contribution in [3.8, 4) is 0 Å². The molecule has 0 amide bonds. The molecule has 1 aliphatic heterocycles. The molecule has 0 saturated heterocycles. The van der Waals surface area contributed by atoms with Crippen LogP contribution in [0.5, 0.6) is 0 Å². The second-order valence-corrected chi connectivity index (χ2v) is 7.47. The Kier molecular flexibility index (Phi) is 14.2. The number of anilines is 2. The van der Waals surface area contributed by atoms with E-state index in [-0.39, 0.29) is 0 Å². The molecule has 0 unspecified atom stereocenters. The fraction of sp³-hybridized carbons (Fsp3) is 0.290. The number of rotatable bonds is 5. The summed E-state index contributed by atoms with van der Waals surface area (Å²) in [7, 11) is 2.13. The van der Waals surface area contributed by atoms with E-state index < -0.39 is 0 Å². The summed E-state index contributed by atoms with van der Waals surface area (Å²) < 4.78 is 0. The SMILES string of the molecule is C=O.CC.CC.Cc1ccc(NCc2ccccc2)c(/C=C/C2=NCCN(C)c3ccccc32)c1. The first-order chi connectivity index (χ1) is 17.2. The summed E-state index contributed by atoms with van der Waals surface area (Å²) in [6.07, 6.45) is 4.34. The number of fused-ring (bicyclic) bond motifs is 1. The molecule has 0 saturated carbocycles. The predicted molar refractivity (Wildman–Crippen MR) is 155 cm³/mol. The van der Waals surface area contributed by atoms with Gasteiger partial charge in [-0.1, -0.05) is 93.9 Å². The van der Waals surface area contributed by atoms with Gasteiger partial charge in [0, 0.05) is 37.1 Å². The average molecular weight is 472 g/mol. The third-order valence-electron chi connectivity index (χ3n) is 5.26. The van der Waals surface area contributed by atoms with E-state index in [1.807, 2.05) is 40.6 Å². The highest BCUT2D eigenvalue weighted by atomic mass is 16.1. The van der Waals surface area contributed by atoms with E-state index in [2.05, 4.69) is 103 Å². The van der Waals surface area contributed by atoms with Crippen LogP contribution in [0.4, 0.5) is 11.4 Å². The van der Waals surface area contributed by atoms with Crippen molar-refractivity contribution in [1.82, 2.24) is 0 Å². The summed E-state index contributed by atoms with van der Waals surface area (Å²) in [5.41, 5.74) is 8.30. The predicted octanol–water partition coefficient (Wildman–Crippen LogP) is 7.43. The van der Waals surface area contributed by atoms with Crippen molar-refractivity contribution in [1.29, 1.82) is 0 Å². The highest BCUT2D eigenvalue weighted by Crippen LogP contribution is 2.25. The zero-order valence-electron chi connectivity index (χ0n) is 22.2. The van der Waals surface area contributed by atoms with E-state index >= 15 is 0 Å². The maximum absolute atomic E-state index is 8.00. The van der Waals surface area contributed by atoms with Crippen LogP contribution in [0.2, 0.25) is 0 Å². The van der Waals surface area contributed by atoms with Gasteiger partial charge in [0.05, 0.1) is 12.3 Å². The molecule has 1 heterocycles. The molecule has 0 aromatic heterocycles. The number of aryl methyl sites for hydroxylation is 1. The Morgan fingerprint density at radius 1 is 0.914 bits per heavy atom. The van der Waals surface area contributed by atoms with Crippen molar-refractivity contribution in [3.05, 3.63) is 101 Å². The number of hydrogen-bond acceptors (Lipinski definition) is 4. The third-order valence-corrected chi connectivity index (χ3v) is 5.26. The molecule has 3 aromatic carbocycles. The van der Waals surface area contributed by atoms with Gasteiger partial charge >= 0.3 is 0 Å². The van der Waals surface area contributed by atoms with Crippen LogP contribution in [0, 0.1) is 6.92 Å². The number of likely N-dealkylation sites (N-methyl/N-ethyl adjacent to an activating group) is 1. The van der Waals surface area contributed by atoms with Gasteiger partial charge in [0.1, 0.15) is 6.79 Å². The van der Waals surface area contributed by atoms with E-state index in [0.717, 1.165) is 31.0 Å². The van der Waals surface area contributed by atoms with Crippen molar-refractivity contribution in [2.45, 2.75) is 41.2 Å². The minimum absolute atomic E-state index is 0.803. The lowest BCUT2D eigenvalue weighted by atomic mass is 10.0. The fourth-order valence-electron chi connectivity index (χ4n) is 3.63. The van der Waals surface area contributed by atoms with Crippen LogP contribution in [-0.2, 0) is 11.3 Å². The minimum Gasteiger partial charge on any atom is -0.380 e. The molecule has 186 valence electrons. The van der Waals surface area contributed by atoms with Gasteiger partial charge in [0.15, 0.2) is 0 Å². The van der Waals surface area contributed by atoms with Crippen molar-refractivity contribution >= 4 is 30.0 Å². The van der Waals surface area contributed by atoms with Crippen molar-refractivity contribution < 1.29 is 4.79 Å². The van der Waals surface area contributed by atoms with Crippen LogP contribution in [0.25, 0.3) is 6.08 Å². The third kappa shape index (κ3) is 8.90. The molecule has 0 aliphatic carbocycles. The number of benzene rings is 3. The highest BCUT2D eigenvalue weighted by molar-refractivity contribution is 6.14.